The molecular formula is C16H26FN3O3S. The van der Waals surface area contributed by atoms with Crippen LogP contribution < -0.4 is 4.72 Å². The van der Waals surface area contributed by atoms with E-state index in [1.807, 2.05) is 32.8 Å². The molecule has 1 N–H and O–H groups in total. The summed E-state index contributed by atoms with van der Waals surface area (Å²) in [6.07, 6.45) is -0.281. The summed E-state index contributed by atoms with van der Waals surface area (Å²) in [7, 11) is 0.0592. The van der Waals surface area contributed by atoms with Crippen molar-refractivity contribution in [3.8, 4) is 0 Å². The SMILES string of the molecule is C[C@@H]1CN(S(=O)(=O)NC[C@@H](c2cccc(F)c2)N(C)C)C[C@@H](C)O1. The van der Waals surface area contributed by atoms with Crippen molar-refractivity contribution in [1.29, 1.82) is 0 Å². The number of likely N-dealkylation sites (N-methyl/N-ethyl adjacent to an activating group) is 1. The van der Waals surface area contributed by atoms with Gasteiger partial charge >= 0.3 is 0 Å². The molecule has 0 unspecified atom stereocenters. The summed E-state index contributed by atoms with van der Waals surface area (Å²) in [6, 6.07) is 5.96. The lowest BCUT2D eigenvalue weighted by Crippen LogP contribution is -2.52. The van der Waals surface area contributed by atoms with Crippen molar-refractivity contribution in [3.05, 3.63) is 35.6 Å². The van der Waals surface area contributed by atoms with Crippen molar-refractivity contribution in [2.45, 2.75) is 32.1 Å². The van der Waals surface area contributed by atoms with Gasteiger partial charge in [0.1, 0.15) is 5.82 Å². The van der Waals surface area contributed by atoms with Crippen molar-refractivity contribution < 1.29 is 17.5 Å². The first kappa shape index (κ1) is 19.3. The summed E-state index contributed by atoms with van der Waals surface area (Å²) >= 11 is 0. The lowest BCUT2D eigenvalue weighted by atomic mass is 10.1. The van der Waals surface area contributed by atoms with Gasteiger partial charge in [-0.2, -0.15) is 12.7 Å². The van der Waals surface area contributed by atoms with Gasteiger partial charge in [0.15, 0.2) is 0 Å². The number of hydrogen-bond acceptors (Lipinski definition) is 4. The van der Waals surface area contributed by atoms with E-state index in [-0.39, 0.29) is 30.6 Å². The Balaban J connectivity index is 2.08. The van der Waals surface area contributed by atoms with E-state index >= 15 is 0 Å². The predicted octanol–water partition coefficient (Wildman–Crippen LogP) is 1.37. The van der Waals surface area contributed by atoms with Gasteiger partial charge in [-0.05, 0) is 45.6 Å². The van der Waals surface area contributed by atoms with E-state index in [1.165, 1.54) is 16.4 Å². The maximum absolute atomic E-state index is 13.5. The standard InChI is InChI=1S/C16H26FN3O3S/c1-12-10-20(11-13(2)23-12)24(21,22)18-9-16(19(3)4)14-6-5-7-15(17)8-14/h5-8,12-13,16,18H,9-11H2,1-4H3/t12-,13-,16+/m1/s1. The zero-order valence-electron chi connectivity index (χ0n) is 14.6. The minimum absolute atomic E-state index is 0.141. The van der Waals surface area contributed by atoms with Crippen LogP contribution in [-0.2, 0) is 14.9 Å². The average Bonchev–Trinajstić information content (AvgIpc) is 2.46. The van der Waals surface area contributed by atoms with E-state index < -0.39 is 10.2 Å². The molecule has 0 bridgehead atoms. The van der Waals surface area contributed by atoms with Crippen LogP contribution in [0.5, 0.6) is 0 Å². The van der Waals surface area contributed by atoms with E-state index in [4.69, 9.17) is 4.74 Å². The van der Waals surface area contributed by atoms with Gasteiger partial charge in [0.2, 0.25) is 0 Å². The Morgan fingerprint density at radius 2 is 1.96 bits per heavy atom. The highest BCUT2D eigenvalue weighted by molar-refractivity contribution is 7.87. The summed E-state index contributed by atoms with van der Waals surface area (Å²) in [5, 5.41) is 0. The van der Waals surface area contributed by atoms with Gasteiger partial charge in [0.25, 0.3) is 10.2 Å². The fourth-order valence-corrected chi connectivity index (χ4v) is 4.28. The number of morpholine rings is 1. The van der Waals surface area contributed by atoms with Crippen LogP contribution in [0, 0.1) is 5.82 Å². The molecule has 2 rings (SSSR count). The summed E-state index contributed by atoms with van der Waals surface area (Å²) in [4.78, 5) is 1.86. The summed E-state index contributed by atoms with van der Waals surface area (Å²) in [5.41, 5.74) is 0.728. The molecule has 1 fully saturated rings. The predicted molar refractivity (Wildman–Crippen MR) is 91.3 cm³/mol. The number of hydrogen-bond donors (Lipinski definition) is 1. The number of nitrogens with zero attached hydrogens (tertiary/aromatic N) is 2. The minimum atomic E-state index is -3.61. The fourth-order valence-electron chi connectivity index (χ4n) is 2.91. The molecule has 136 valence electrons. The maximum Gasteiger partial charge on any atom is 0.279 e. The monoisotopic (exact) mass is 359 g/mol. The highest BCUT2D eigenvalue weighted by Crippen LogP contribution is 2.19. The Morgan fingerprint density at radius 1 is 1.33 bits per heavy atom. The molecule has 3 atom stereocenters. The van der Waals surface area contributed by atoms with Gasteiger partial charge in [0, 0.05) is 25.7 Å². The van der Waals surface area contributed by atoms with Crippen molar-refractivity contribution in [2.24, 2.45) is 0 Å². The highest BCUT2D eigenvalue weighted by Gasteiger charge is 2.31. The first-order chi connectivity index (χ1) is 11.2. The molecule has 1 heterocycles. The third-order valence-electron chi connectivity index (χ3n) is 4.04. The van der Waals surface area contributed by atoms with Gasteiger partial charge < -0.3 is 9.64 Å². The van der Waals surface area contributed by atoms with E-state index in [9.17, 15) is 12.8 Å². The third kappa shape index (κ3) is 4.97. The number of benzene rings is 1. The van der Waals surface area contributed by atoms with Gasteiger partial charge in [0.05, 0.1) is 12.2 Å². The highest BCUT2D eigenvalue weighted by atomic mass is 32.2. The van der Waals surface area contributed by atoms with Gasteiger partial charge in [-0.3, -0.25) is 0 Å². The van der Waals surface area contributed by atoms with E-state index in [2.05, 4.69) is 4.72 Å². The van der Waals surface area contributed by atoms with Crippen molar-refractivity contribution in [3.63, 3.8) is 0 Å². The fraction of sp³-hybridized carbons (Fsp3) is 0.625. The van der Waals surface area contributed by atoms with E-state index in [1.54, 1.807) is 12.1 Å². The zero-order valence-corrected chi connectivity index (χ0v) is 15.4. The molecule has 0 amide bonds. The Bertz CT molecular complexity index is 644. The van der Waals surface area contributed by atoms with E-state index in [0.29, 0.717) is 13.1 Å². The van der Waals surface area contributed by atoms with Crippen LogP contribution in [-0.4, -0.2) is 63.6 Å². The molecule has 1 aliphatic heterocycles. The maximum atomic E-state index is 13.5. The smallest absolute Gasteiger partial charge is 0.279 e. The summed E-state index contributed by atoms with van der Waals surface area (Å²) in [5.74, 6) is -0.335. The summed E-state index contributed by atoms with van der Waals surface area (Å²) in [6.45, 7) is 4.53. The molecule has 1 aromatic rings. The van der Waals surface area contributed by atoms with Crippen LogP contribution in [0.4, 0.5) is 4.39 Å². The van der Waals surface area contributed by atoms with Crippen LogP contribution in [0.1, 0.15) is 25.5 Å². The van der Waals surface area contributed by atoms with Crippen LogP contribution in [0.3, 0.4) is 0 Å². The van der Waals surface area contributed by atoms with Gasteiger partial charge in [-0.1, -0.05) is 12.1 Å². The van der Waals surface area contributed by atoms with Crippen molar-refractivity contribution in [2.75, 3.05) is 33.7 Å². The molecule has 0 aromatic heterocycles. The molecule has 0 aliphatic carbocycles. The Kier molecular flexibility index (Phi) is 6.33. The topological polar surface area (TPSA) is 61.9 Å². The van der Waals surface area contributed by atoms with E-state index in [0.717, 1.165) is 5.56 Å². The zero-order chi connectivity index (χ0) is 17.9. The first-order valence-electron chi connectivity index (χ1n) is 8.01. The molecule has 24 heavy (non-hydrogen) atoms. The molecule has 6 nitrogen and oxygen atoms in total. The lowest BCUT2D eigenvalue weighted by molar-refractivity contribution is -0.0444. The second-order valence-electron chi connectivity index (χ2n) is 6.46. The first-order valence-corrected chi connectivity index (χ1v) is 9.45. The number of ether oxygens (including phenoxy) is 1. The quantitative estimate of drug-likeness (QED) is 0.833. The molecule has 1 aromatic carbocycles. The second kappa shape index (κ2) is 7.88. The Labute approximate surface area is 143 Å². The Morgan fingerprint density at radius 3 is 2.50 bits per heavy atom. The molecule has 8 heteroatoms. The Hall–Kier alpha value is -1.06. The molecular weight excluding hydrogens is 333 g/mol. The average molecular weight is 359 g/mol. The molecule has 0 radical (unpaired) electrons. The largest absolute Gasteiger partial charge is 0.373 e. The molecule has 1 aliphatic rings. The van der Waals surface area contributed by atoms with Crippen LogP contribution >= 0.6 is 0 Å². The number of nitrogens with one attached hydrogen (secondary N) is 1. The molecule has 0 spiro atoms. The normalized spacial score (nSPS) is 24.2. The third-order valence-corrected chi connectivity index (χ3v) is 5.55. The van der Waals surface area contributed by atoms with Crippen LogP contribution in [0.15, 0.2) is 24.3 Å². The summed E-state index contributed by atoms with van der Waals surface area (Å²) < 4.78 is 48.2. The van der Waals surface area contributed by atoms with Crippen LogP contribution in [0.25, 0.3) is 0 Å². The second-order valence-corrected chi connectivity index (χ2v) is 8.22. The van der Waals surface area contributed by atoms with Crippen molar-refractivity contribution >= 4 is 10.2 Å². The number of rotatable bonds is 6. The minimum Gasteiger partial charge on any atom is -0.373 e. The molecule has 0 saturated carbocycles. The number of halogens is 1. The van der Waals surface area contributed by atoms with Gasteiger partial charge in [-0.15, -0.1) is 0 Å². The van der Waals surface area contributed by atoms with Crippen LogP contribution in [0.2, 0.25) is 0 Å². The van der Waals surface area contributed by atoms with Gasteiger partial charge in [-0.25, -0.2) is 9.11 Å². The molecule has 1 saturated heterocycles. The van der Waals surface area contributed by atoms with Crippen molar-refractivity contribution in [1.82, 2.24) is 13.9 Å². The lowest BCUT2D eigenvalue weighted by Gasteiger charge is -2.35.